The predicted octanol–water partition coefficient (Wildman–Crippen LogP) is 2.74. The highest BCUT2D eigenvalue weighted by atomic mass is 79.9. The molecule has 0 radical (unpaired) electrons. The molecular weight excluding hydrogens is 244 g/mol. The first kappa shape index (κ1) is 12.2. The van der Waals surface area contributed by atoms with Crippen molar-refractivity contribution in [3.63, 3.8) is 0 Å². The second-order valence-electron chi connectivity index (χ2n) is 3.42. The van der Waals surface area contributed by atoms with Crippen LogP contribution >= 0.6 is 12.9 Å². The highest BCUT2D eigenvalue weighted by Gasteiger charge is 2.12. The highest BCUT2D eigenvalue weighted by molar-refractivity contribution is 9.23. The molecule has 1 fully saturated rings. The van der Waals surface area contributed by atoms with Crippen LogP contribution in [0.4, 0.5) is 0 Å². The molecule has 2 nitrogen and oxygen atoms in total. The minimum absolute atomic E-state index is 0.106. The molecule has 0 spiro atoms. The highest BCUT2D eigenvalue weighted by Crippen LogP contribution is 2.13. The second-order valence-corrected chi connectivity index (χ2v) is 6.88. The lowest BCUT2D eigenvalue weighted by molar-refractivity contribution is -0.181. The number of halogens is 1. The fourth-order valence-electron chi connectivity index (χ4n) is 1.46. The van der Waals surface area contributed by atoms with Crippen molar-refractivity contribution in [2.75, 3.05) is 13.2 Å². The summed E-state index contributed by atoms with van der Waals surface area (Å²) in [4.78, 5) is 0. The van der Waals surface area contributed by atoms with Crippen molar-refractivity contribution in [2.24, 2.45) is 0 Å². The van der Waals surface area contributed by atoms with Crippen LogP contribution in [-0.2, 0) is 9.47 Å². The fraction of sp³-hybridized carbons (Fsp3) is 1.00. The third kappa shape index (κ3) is 6.28. The van der Waals surface area contributed by atoms with Gasteiger partial charge in [0.2, 0.25) is 0 Å². The van der Waals surface area contributed by atoms with E-state index in [4.69, 9.17) is 9.47 Å². The monoisotopic (exact) mass is 260 g/mol. The van der Waals surface area contributed by atoms with E-state index in [0.717, 1.165) is 26.1 Å². The Morgan fingerprint density at radius 1 is 1.15 bits per heavy atom. The Labute approximate surface area is 96.3 Å². The molecule has 0 aromatic carbocycles. The molecule has 0 aliphatic carbocycles. The van der Waals surface area contributed by atoms with Crippen molar-refractivity contribution in [3.05, 3.63) is 0 Å². The number of hydrogen-bond acceptors (Lipinski definition) is 2. The van der Waals surface area contributed by atoms with Crippen LogP contribution in [-0.4, -0.2) is 37.7 Å². The van der Waals surface area contributed by atoms with Crippen molar-refractivity contribution < 1.29 is 9.47 Å². The van der Waals surface area contributed by atoms with Crippen molar-refractivity contribution >= 4 is 31.1 Å². The van der Waals surface area contributed by atoms with Gasteiger partial charge in [-0.25, -0.2) is 0 Å². The van der Waals surface area contributed by atoms with Crippen molar-refractivity contribution in [3.8, 4) is 0 Å². The van der Waals surface area contributed by atoms with Crippen LogP contribution < -0.4 is 0 Å². The average Bonchev–Trinajstić information content (AvgIpc) is 2.19. The van der Waals surface area contributed by atoms with Gasteiger partial charge in [-0.1, -0.05) is 12.8 Å². The number of rotatable bonds is 6. The van der Waals surface area contributed by atoms with E-state index in [9.17, 15) is 0 Å². The number of ether oxygens (including phenoxy) is 2. The lowest BCUT2D eigenvalue weighted by atomic mass is 10.2. The van der Waals surface area contributed by atoms with E-state index in [1.807, 2.05) is 0 Å². The van der Waals surface area contributed by atoms with Gasteiger partial charge in [-0.2, -0.15) is 0 Å². The molecular formula is C9H17BrMgO2. The largest absolute Gasteiger partial charge is 0.468 e. The van der Waals surface area contributed by atoms with E-state index < -0.39 is 0 Å². The molecule has 74 valence electrons. The summed E-state index contributed by atoms with van der Waals surface area (Å²) in [6.45, 7) is 1.78. The lowest BCUT2D eigenvalue weighted by Gasteiger charge is -2.22. The van der Waals surface area contributed by atoms with Crippen LogP contribution in [0, 0.1) is 0 Å². The molecule has 0 aromatic rings. The maximum absolute atomic E-state index is 5.46. The first-order valence-electron chi connectivity index (χ1n) is 5.22. The SMILES string of the molecule is [Br][Mg][CH2]CCCCC1OCCCO1. The Bertz CT molecular complexity index is 118. The van der Waals surface area contributed by atoms with Crippen LogP contribution in [0.5, 0.6) is 0 Å². The summed E-state index contributed by atoms with van der Waals surface area (Å²) in [6.07, 6.45) is 6.23. The quantitative estimate of drug-likeness (QED) is 0.541. The number of hydrogen-bond donors (Lipinski definition) is 0. The van der Waals surface area contributed by atoms with Gasteiger partial charge in [0.25, 0.3) is 0 Å². The fourth-order valence-corrected chi connectivity index (χ4v) is 3.19. The summed E-state index contributed by atoms with van der Waals surface area (Å²) in [7, 11) is 0. The Balaban J connectivity index is 1.86. The van der Waals surface area contributed by atoms with Crippen molar-refractivity contribution in [1.29, 1.82) is 0 Å². The summed E-state index contributed by atoms with van der Waals surface area (Å²) < 4.78 is 12.3. The summed E-state index contributed by atoms with van der Waals surface area (Å²) in [6, 6.07) is 0. The zero-order chi connectivity index (χ0) is 9.36. The zero-order valence-corrected chi connectivity index (χ0v) is 11.1. The van der Waals surface area contributed by atoms with Crippen LogP contribution in [0.25, 0.3) is 0 Å². The summed E-state index contributed by atoms with van der Waals surface area (Å²) in [5, 5.41) is 0. The van der Waals surface area contributed by atoms with Crippen LogP contribution in [0.15, 0.2) is 0 Å². The van der Waals surface area contributed by atoms with Crippen LogP contribution in [0.3, 0.4) is 0 Å². The van der Waals surface area contributed by atoms with E-state index in [2.05, 4.69) is 12.9 Å². The van der Waals surface area contributed by atoms with Gasteiger partial charge >= 0.3 is 18.2 Å². The molecule has 1 rings (SSSR count). The first-order valence-corrected chi connectivity index (χ1v) is 10.1. The minimum atomic E-state index is 0.106. The Morgan fingerprint density at radius 2 is 1.92 bits per heavy atom. The minimum Gasteiger partial charge on any atom is -0.353 e. The summed E-state index contributed by atoms with van der Waals surface area (Å²) in [5.74, 6) is 0. The average molecular weight is 261 g/mol. The third-order valence-corrected chi connectivity index (χ3v) is 4.67. The van der Waals surface area contributed by atoms with Gasteiger partial charge in [0.05, 0.1) is 13.2 Å². The molecule has 0 bridgehead atoms. The summed E-state index contributed by atoms with van der Waals surface area (Å²) >= 11 is 3.68. The Kier molecular flexibility index (Phi) is 7.98. The topological polar surface area (TPSA) is 18.5 Å². The normalized spacial score (nSPS) is 18.5. The van der Waals surface area contributed by atoms with Gasteiger partial charge in [-0.15, -0.1) is 4.55 Å². The van der Waals surface area contributed by atoms with Gasteiger partial charge in [0.15, 0.2) is 6.29 Å². The Hall–Kier alpha value is 1.17. The molecule has 0 N–H and O–H groups in total. The molecule has 13 heavy (non-hydrogen) atoms. The van der Waals surface area contributed by atoms with E-state index in [0.29, 0.717) is 0 Å². The van der Waals surface area contributed by atoms with Gasteiger partial charge in [0, 0.05) is 0 Å². The third-order valence-electron chi connectivity index (χ3n) is 2.22. The maximum atomic E-state index is 5.46. The van der Waals surface area contributed by atoms with Crippen molar-refractivity contribution in [1.82, 2.24) is 0 Å². The smallest absolute Gasteiger partial charge is 0.353 e. The van der Waals surface area contributed by atoms with E-state index in [1.165, 1.54) is 23.8 Å². The standard InChI is InChI=1S/C9H17O2.BrH.Mg/c1-2-3-4-6-9-10-7-5-8-11-9;;/h9H,1-8H2;1H;/q;;+1/p-1. The Morgan fingerprint density at radius 3 is 2.62 bits per heavy atom. The van der Waals surface area contributed by atoms with Crippen LogP contribution in [0.2, 0.25) is 4.55 Å². The van der Waals surface area contributed by atoms with E-state index in [1.54, 1.807) is 0 Å². The molecule has 1 aliphatic heterocycles. The van der Waals surface area contributed by atoms with Crippen molar-refractivity contribution in [2.45, 2.75) is 42.9 Å². The molecule has 0 amide bonds. The molecule has 1 saturated heterocycles. The van der Waals surface area contributed by atoms with Gasteiger partial charge < -0.3 is 22.4 Å². The molecule has 4 heteroatoms. The number of unbranched alkanes of at least 4 members (excludes halogenated alkanes) is 2. The van der Waals surface area contributed by atoms with Gasteiger partial charge in [-0.3, -0.25) is 0 Å². The molecule has 0 unspecified atom stereocenters. The lowest BCUT2D eigenvalue weighted by Crippen LogP contribution is -2.24. The predicted molar refractivity (Wildman–Crippen MR) is 58.3 cm³/mol. The molecule has 0 saturated carbocycles. The molecule has 0 aromatic heterocycles. The van der Waals surface area contributed by atoms with E-state index >= 15 is 0 Å². The molecule has 1 aliphatic rings. The van der Waals surface area contributed by atoms with E-state index in [-0.39, 0.29) is 24.5 Å². The first-order chi connectivity index (χ1) is 6.43. The second kappa shape index (κ2) is 8.47. The maximum Gasteiger partial charge on any atom is 0.468 e. The van der Waals surface area contributed by atoms with Gasteiger partial charge in [0.1, 0.15) is 0 Å². The molecule has 1 heterocycles. The molecule has 0 atom stereocenters. The zero-order valence-electron chi connectivity index (χ0n) is 8.14. The van der Waals surface area contributed by atoms with Crippen LogP contribution in [0.1, 0.15) is 32.1 Å². The van der Waals surface area contributed by atoms with Gasteiger partial charge in [-0.05, 0) is 19.3 Å². The summed E-state index contributed by atoms with van der Waals surface area (Å²) in [5.41, 5.74) is 0.